The Labute approximate surface area is 87.3 Å². The fourth-order valence-electron chi connectivity index (χ4n) is 1.38. The monoisotopic (exact) mass is 216 g/mol. The average molecular weight is 217 g/mol. The maximum atomic E-state index is 9.77. The van der Waals surface area contributed by atoms with E-state index in [2.05, 4.69) is 0 Å². The highest BCUT2D eigenvalue weighted by Gasteiger charge is 2.30. The van der Waals surface area contributed by atoms with Gasteiger partial charge in [0.05, 0.1) is 16.1 Å². The van der Waals surface area contributed by atoms with Gasteiger partial charge in [0.15, 0.2) is 0 Å². The Hall–Kier alpha value is -0.240. The molecule has 1 atom stereocenters. The van der Waals surface area contributed by atoms with Crippen LogP contribution in [-0.4, -0.2) is 5.11 Å². The summed E-state index contributed by atoms with van der Waals surface area (Å²) >= 11 is 11.6. The molecule has 1 N–H and O–H groups in total. The SMILES string of the molecule is OC(c1ccc(Cl)c(Cl)c1)C1CC1. The quantitative estimate of drug-likeness (QED) is 0.804. The molecule has 0 radical (unpaired) electrons. The lowest BCUT2D eigenvalue weighted by atomic mass is 10.1. The molecule has 13 heavy (non-hydrogen) atoms. The number of rotatable bonds is 2. The molecule has 1 nitrogen and oxygen atoms in total. The number of hydrogen-bond donors (Lipinski definition) is 1. The van der Waals surface area contributed by atoms with Crippen LogP contribution in [0.5, 0.6) is 0 Å². The van der Waals surface area contributed by atoms with Crippen LogP contribution in [-0.2, 0) is 0 Å². The molecular formula is C10H10Cl2O. The molecule has 0 aliphatic heterocycles. The van der Waals surface area contributed by atoms with Crippen LogP contribution in [0.15, 0.2) is 18.2 Å². The zero-order chi connectivity index (χ0) is 9.42. The van der Waals surface area contributed by atoms with Crippen molar-refractivity contribution < 1.29 is 5.11 Å². The molecule has 2 rings (SSSR count). The highest BCUT2D eigenvalue weighted by Crippen LogP contribution is 2.41. The summed E-state index contributed by atoms with van der Waals surface area (Å²) in [5, 5.41) is 10.8. The van der Waals surface area contributed by atoms with Gasteiger partial charge in [-0.3, -0.25) is 0 Å². The minimum Gasteiger partial charge on any atom is -0.388 e. The van der Waals surface area contributed by atoms with E-state index in [-0.39, 0.29) is 6.10 Å². The maximum Gasteiger partial charge on any atom is 0.0818 e. The van der Waals surface area contributed by atoms with Crippen molar-refractivity contribution in [2.75, 3.05) is 0 Å². The Balaban J connectivity index is 2.24. The van der Waals surface area contributed by atoms with Gasteiger partial charge in [-0.2, -0.15) is 0 Å². The molecule has 1 aromatic rings. The number of aliphatic hydroxyl groups is 1. The van der Waals surface area contributed by atoms with Crippen LogP contribution in [0, 0.1) is 5.92 Å². The van der Waals surface area contributed by atoms with Gasteiger partial charge in [-0.25, -0.2) is 0 Å². The van der Waals surface area contributed by atoms with E-state index in [0.29, 0.717) is 16.0 Å². The number of aliphatic hydroxyl groups excluding tert-OH is 1. The summed E-state index contributed by atoms with van der Waals surface area (Å²) in [4.78, 5) is 0. The first-order valence-corrected chi connectivity index (χ1v) is 5.07. The molecule has 1 fully saturated rings. The minimum absolute atomic E-state index is 0.366. The molecule has 1 unspecified atom stereocenters. The molecule has 0 heterocycles. The van der Waals surface area contributed by atoms with Gasteiger partial charge in [0.1, 0.15) is 0 Å². The largest absolute Gasteiger partial charge is 0.388 e. The lowest BCUT2D eigenvalue weighted by Gasteiger charge is -2.09. The molecule has 70 valence electrons. The van der Waals surface area contributed by atoms with Crippen LogP contribution in [0.3, 0.4) is 0 Å². The summed E-state index contributed by atoms with van der Waals surface area (Å²) in [5.41, 5.74) is 0.872. The summed E-state index contributed by atoms with van der Waals surface area (Å²) in [6.07, 6.45) is 1.86. The second-order valence-electron chi connectivity index (χ2n) is 3.46. The first kappa shape index (κ1) is 9.32. The van der Waals surface area contributed by atoms with Crippen LogP contribution < -0.4 is 0 Å². The standard InChI is InChI=1S/C10H10Cl2O/c11-8-4-3-7(5-9(8)12)10(13)6-1-2-6/h3-6,10,13H,1-2H2. The fourth-order valence-corrected chi connectivity index (χ4v) is 1.69. The van der Waals surface area contributed by atoms with E-state index in [1.165, 1.54) is 0 Å². The van der Waals surface area contributed by atoms with E-state index >= 15 is 0 Å². The summed E-state index contributed by atoms with van der Waals surface area (Å²) < 4.78 is 0. The molecular weight excluding hydrogens is 207 g/mol. The summed E-state index contributed by atoms with van der Waals surface area (Å²) in [7, 11) is 0. The lowest BCUT2D eigenvalue weighted by Crippen LogP contribution is -1.98. The normalized spacial score (nSPS) is 18.7. The van der Waals surface area contributed by atoms with Crippen molar-refractivity contribution in [2.45, 2.75) is 18.9 Å². The van der Waals surface area contributed by atoms with E-state index in [4.69, 9.17) is 23.2 Å². The molecule has 1 aliphatic rings. The summed E-state index contributed by atoms with van der Waals surface area (Å²) in [6, 6.07) is 5.30. The van der Waals surface area contributed by atoms with Crippen molar-refractivity contribution in [1.82, 2.24) is 0 Å². The van der Waals surface area contributed by atoms with Crippen molar-refractivity contribution in [3.63, 3.8) is 0 Å². The van der Waals surface area contributed by atoms with Crippen molar-refractivity contribution in [2.24, 2.45) is 5.92 Å². The Morgan fingerprint density at radius 3 is 2.46 bits per heavy atom. The molecule has 3 heteroatoms. The molecule has 0 saturated heterocycles. The Bertz CT molecular complexity index is 321. The highest BCUT2D eigenvalue weighted by molar-refractivity contribution is 6.42. The van der Waals surface area contributed by atoms with Crippen LogP contribution in [0.2, 0.25) is 10.0 Å². The van der Waals surface area contributed by atoms with Crippen LogP contribution in [0.1, 0.15) is 24.5 Å². The third-order valence-electron chi connectivity index (χ3n) is 2.35. The zero-order valence-electron chi connectivity index (χ0n) is 7.00. The van der Waals surface area contributed by atoms with Crippen LogP contribution in [0.4, 0.5) is 0 Å². The molecule has 1 saturated carbocycles. The molecule has 1 aliphatic carbocycles. The molecule has 0 amide bonds. The zero-order valence-corrected chi connectivity index (χ0v) is 8.52. The lowest BCUT2D eigenvalue weighted by molar-refractivity contribution is 0.154. The third-order valence-corrected chi connectivity index (χ3v) is 3.09. The topological polar surface area (TPSA) is 20.2 Å². The third kappa shape index (κ3) is 1.98. The van der Waals surface area contributed by atoms with Gasteiger partial charge < -0.3 is 5.11 Å². The summed E-state index contributed by atoms with van der Waals surface area (Å²) in [6.45, 7) is 0. The second-order valence-corrected chi connectivity index (χ2v) is 4.27. The number of benzene rings is 1. The van der Waals surface area contributed by atoms with Gasteiger partial charge in [0, 0.05) is 0 Å². The average Bonchev–Trinajstić information content (AvgIpc) is 2.91. The van der Waals surface area contributed by atoms with E-state index in [0.717, 1.165) is 18.4 Å². The van der Waals surface area contributed by atoms with Crippen LogP contribution in [0.25, 0.3) is 0 Å². The van der Waals surface area contributed by atoms with Crippen molar-refractivity contribution in [3.05, 3.63) is 33.8 Å². The van der Waals surface area contributed by atoms with Gasteiger partial charge in [0.25, 0.3) is 0 Å². The molecule has 1 aromatic carbocycles. The van der Waals surface area contributed by atoms with Gasteiger partial charge >= 0.3 is 0 Å². The van der Waals surface area contributed by atoms with Crippen molar-refractivity contribution in [3.8, 4) is 0 Å². The van der Waals surface area contributed by atoms with Gasteiger partial charge in [0.2, 0.25) is 0 Å². The number of hydrogen-bond acceptors (Lipinski definition) is 1. The summed E-state index contributed by atoms with van der Waals surface area (Å²) in [5.74, 6) is 0.428. The Kier molecular flexibility index (Phi) is 2.50. The van der Waals surface area contributed by atoms with Gasteiger partial charge in [-0.1, -0.05) is 29.3 Å². The van der Waals surface area contributed by atoms with E-state index in [1.54, 1.807) is 12.1 Å². The predicted octanol–water partition coefficient (Wildman–Crippen LogP) is 3.44. The molecule has 0 bridgehead atoms. The minimum atomic E-state index is -0.366. The smallest absolute Gasteiger partial charge is 0.0818 e. The fraction of sp³-hybridized carbons (Fsp3) is 0.400. The highest BCUT2D eigenvalue weighted by atomic mass is 35.5. The maximum absolute atomic E-state index is 9.77. The Morgan fingerprint density at radius 2 is 1.92 bits per heavy atom. The van der Waals surface area contributed by atoms with Crippen molar-refractivity contribution in [1.29, 1.82) is 0 Å². The van der Waals surface area contributed by atoms with Crippen LogP contribution >= 0.6 is 23.2 Å². The first-order chi connectivity index (χ1) is 6.18. The molecule has 0 spiro atoms. The van der Waals surface area contributed by atoms with E-state index in [1.807, 2.05) is 6.07 Å². The first-order valence-electron chi connectivity index (χ1n) is 4.31. The second kappa shape index (κ2) is 3.49. The van der Waals surface area contributed by atoms with Crippen molar-refractivity contribution >= 4 is 23.2 Å². The predicted molar refractivity (Wildman–Crippen MR) is 54.1 cm³/mol. The van der Waals surface area contributed by atoms with Gasteiger partial charge in [-0.05, 0) is 36.5 Å². The van der Waals surface area contributed by atoms with Gasteiger partial charge in [-0.15, -0.1) is 0 Å². The van der Waals surface area contributed by atoms with E-state index in [9.17, 15) is 5.11 Å². The Morgan fingerprint density at radius 1 is 1.23 bits per heavy atom. The van der Waals surface area contributed by atoms with E-state index < -0.39 is 0 Å². The molecule has 0 aromatic heterocycles. The number of halogens is 2.